The van der Waals surface area contributed by atoms with Gasteiger partial charge in [-0.05, 0) is 11.3 Å². The molecular formula is C12H23NO3. The van der Waals surface area contributed by atoms with Crippen molar-refractivity contribution >= 4 is 11.9 Å². The highest BCUT2D eigenvalue weighted by Gasteiger charge is 2.26. The Morgan fingerprint density at radius 2 is 1.81 bits per heavy atom. The lowest BCUT2D eigenvalue weighted by Crippen LogP contribution is -2.45. The number of carboxylic acids is 1. The Morgan fingerprint density at radius 1 is 1.31 bits per heavy atom. The first-order valence-corrected chi connectivity index (χ1v) is 5.69. The van der Waals surface area contributed by atoms with Gasteiger partial charge >= 0.3 is 5.97 Å². The fraction of sp³-hybridized carbons (Fsp3) is 0.833. The van der Waals surface area contributed by atoms with Crippen molar-refractivity contribution in [3.05, 3.63) is 0 Å². The molecule has 0 aliphatic rings. The molecule has 0 bridgehead atoms. The second-order valence-electron chi connectivity index (χ2n) is 5.51. The van der Waals surface area contributed by atoms with Gasteiger partial charge in [0.2, 0.25) is 5.91 Å². The van der Waals surface area contributed by atoms with Crippen molar-refractivity contribution in [2.45, 2.75) is 53.5 Å². The van der Waals surface area contributed by atoms with Crippen molar-refractivity contribution in [2.75, 3.05) is 0 Å². The van der Waals surface area contributed by atoms with Gasteiger partial charge in [0, 0.05) is 6.42 Å². The van der Waals surface area contributed by atoms with Gasteiger partial charge in [0.05, 0.1) is 0 Å². The highest BCUT2D eigenvalue weighted by Crippen LogP contribution is 2.18. The molecule has 2 N–H and O–H groups in total. The lowest BCUT2D eigenvalue weighted by atomic mass is 9.91. The van der Waals surface area contributed by atoms with Crippen LogP contribution in [-0.4, -0.2) is 23.0 Å². The van der Waals surface area contributed by atoms with E-state index in [9.17, 15) is 9.59 Å². The molecule has 0 aliphatic carbocycles. The molecule has 0 heterocycles. The summed E-state index contributed by atoms with van der Waals surface area (Å²) in [6, 6.07) is -0.778. The van der Waals surface area contributed by atoms with E-state index in [-0.39, 0.29) is 17.2 Å². The lowest BCUT2D eigenvalue weighted by molar-refractivity contribution is -0.143. The minimum atomic E-state index is -0.961. The number of hydrogen-bond donors (Lipinski definition) is 2. The summed E-state index contributed by atoms with van der Waals surface area (Å²) in [6.45, 7) is 9.59. The smallest absolute Gasteiger partial charge is 0.326 e. The van der Waals surface area contributed by atoms with E-state index in [0.717, 1.165) is 6.42 Å². The molecule has 0 saturated carbocycles. The van der Waals surface area contributed by atoms with Gasteiger partial charge in [-0.2, -0.15) is 0 Å². The average Bonchev–Trinajstić information content (AvgIpc) is 2.09. The van der Waals surface area contributed by atoms with E-state index in [0.29, 0.717) is 6.42 Å². The third-order valence-electron chi connectivity index (χ3n) is 2.49. The summed E-state index contributed by atoms with van der Waals surface area (Å²) in [6.07, 6.45) is 1.07. The maximum Gasteiger partial charge on any atom is 0.326 e. The van der Waals surface area contributed by atoms with Crippen molar-refractivity contribution < 1.29 is 14.7 Å². The standard InChI is InChI=1S/C12H23NO3/c1-6-8(2)10(11(15)16)13-9(14)7-12(3,4)5/h8,10H,6-7H2,1-5H3,(H,13,14)(H,15,16)/t8?,10-/m0/s1. The van der Waals surface area contributed by atoms with E-state index in [1.54, 1.807) is 0 Å². The number of carboxylic acid groups (broad SMARTS) is 1. The third-order valence-corrected chi connectivity index (χ3v) is 2.49. The van der Waals surface area contributed by atoms with E-state index in [1.807, 2.05) is 34.6 Å². The molecule has 0 aliphatic heterocycles. The Labute approximate surface area is 97.4 Å². The summed E-state index contributed by atoms with van der Waals surface area (Å²) >= 11 is 0. The molecule has 2 atom stereocenters. The Hall–Kier alpha value is -1.06. The fourth-order valence-corrected chi connectivity index (χ4v) is 1.39. The maximum atomic E-state index is 11.6. The van der Waals surface area contributed by atoms with E-state index in [2.05, 4.69) is 5.32 Å². The minimum Gasteiger partial charge on any atom is -0.480 e. The Morgan fingerprint density at radius 3 is 2.12 bits per heavy atom. The van der Waals surface area contributed by atoms with Crippen molar-refractivity contribution in [2.24, 2.45) is 11.3 Å². The van der Waals surface area contributed by atoms with Crippen LogP contribution in [0.3, 0.4) is 0 Å². The molecule has 0 fully saturated rings. The van der Waals surface area contributed by atoms with E-state index < -0.39 is 12.0 Å². The number of rotatable bonds is 5. The maximum absolute atomic E-state index is 11.6. The van der Waals surface area contributed by atoms with Gasteiger partial charge < -0.3 is 10.4 Å². The molecule has 1 unspecified atom stereocenters. The van der Waals surface area contributed by atoms with Crippen LogP contribution in [0.5, 0.6) is 0 Å². The van der Waals surface area contributed by atoms with Crippen molar-refractivity contribution in [1.29, 1.82) is 0 Å². The number of amides is 1. The highest BCUT2D eigenvalue weighted by atomic mass is 16.4. The predicted octanol–water partition coefficient (Wildman–Crippen LogP) is 2.04. The highest BCUT2D eigenvalue weighted by molar-refractivity contribution is 5.84. The fourth-order valence-electron chi connectivity index (χ4n) is 1.39. The topological polar surface area (TPSA) is 66.4 Å². The van der Waals surface area contributed by atoms with Crippen LogP contribution in [0, 0.1) is 11.3 Å². The number of aliphatic carboxylic acids is 1. The van der Waals surface area contributed by atoms with Crippen LogP contribution in [0.2, 0.25) is 0 Å². The minimum absolute atomic E-state index is 0.0542. The van der Waals surface area contributed by atoms with E-state index in [4.69, 9.17) is 5.11 Å². The number of nitrogens with one attached hydrogen (secondary N) is 1. The van der Waals surface area contributed by atoms with Gasteiger partial charge in [-0.3, -0.25) is 4.79 Å². The second-order valence-corrected chi connectivity index (χ2v) is 5.51. The molecule has 4 heteroatoms. The number of hydrogen-bond acceptors (Lipinski definition) is 2. The molecule has 0 aromatic rings. The van der Waals surface area contributed by atoms with Gasteiger partial charge in [0.1, 0.15) is 6.04 Å². The van der Waals surface area contributed by atoms with Crippen LogP contribution in [0.15, 0.2) is 0 Å². The van der Waals surface area contributed by atoms with Crippen molar-refractivity contribution in [3.8, 4) is 0 Å². The Bertz CT molecular complexity index is 255. The van der Waals surface area contributed by atoms with Crippen molar-refractivity contribution in [3.63, 3.8) is 0 Å². The molecule has 16 heavy (non-hydrogen) atoms. The van der Waals surface area contributed by atoms with Crippen LogP contribution < -0.4 is 5.32 Å². The van der Waals surface area contributed by atoms with Gasteiger partial charge in [0.15, 0.2) is 0 Å². The first-order valence-electron chi connectivity index (χ1n) is 5.69. The first kappa shape index (κ1) is 14.9. The van der Waals surface area contributed by atoms with Gasteiger partial charge in [-0.1, -0.05) is 41.0 Å². The third kappa shape index (κ3) is 5.73. The molecule has 0 radical (unpaired) electrons. The first-order chi connectivity index (χ1) is 7.17. The van der Waals surface area contributed by atoms with Gasteiger partial charge in [-0.25, -0.2) is 4.79 Å². The largest absolute Gasteiger partial charge is 0.480 e. The molecule has 0 rings (SSSR count). The molecular weight excluding hydrogens is 206 g/mol. The van der Waals surface area contributed by atoms with Gasteiger partial charge in [-0.15, -0.1) is 0 Å². The summed E-state index contributed by atoms with van der Waals surface area (Å²) in [5.74, 6) is -1.21. The second kappa shape index (κ2) is 5.87. The normalized spacial score (nSPS) is 15.3. The monoisotopic (exact) mass is 229 g/mol. The van der Waals surface area contributed by atoms with E-state index >= 15 is 0 Å². The molecule has 0 spiro atoms. The van der Waals surface area contributed by atoms with E-state index in [1.165, 1.54) is 0 Å². The Balaban J connectivity index is 4.42. The number of carbonyl (C=O) groups is 2. The molecule has 94 valence electrons. The van der Waals surface area contributed by atoms with Crippen LogP contribution >= 0.6 is 0 Å². The molecule has 0 saturated heterocycles. The summed E-state index contributed by atoms with van der Waals surface area (Å²) in [5.41, 5.74) is -0.122. The SMILES string of the molecule is CCC(C)[C@H](NC(=O)CC(C)(C)C)C(=O)O. The van der Waals surface area contributed by atoms with Gasteiger partial charge in [0.25, 0.3) is 0 Å². The van der Waals surface area contributed by atoms with Crippen molar-refractivity contribution in [1.82, 2.24) is 5.32 Å². The van der Waals surface area contributed by atoms with Crippen LogP contribution in [0.4, 0.5) is 0 Å². The van der Waals surface area contributed by atoms with Crippen LogP contribution in [0.25, 0.3) is 0 Å². The zero-order valence-electron chi connectivity index (χ0n) is 10.8. The summed E-state index contributed by atoms with van der Waals surface area (Å²) in [7, 11) is 0. The van der Waals surface area contributed by atoms with Crippen LogP contribution in [-0.2, 0) is 9.59 Å². The Kier molecular flexibility index (Phi) is 5.48. The molecule has 0 aromatic heterocycles. The zero-order valence-corrected chi connectivity index (χ0v) is 10.8. The molecule has 0 aromatic carbocycles. The average molecular weight is 229 g/mol. The molecule has 4 nitrogen and oxygen atoms in total. The predicted molar refractivity (Wildman–Crippen MR) is 63.1 cm³/mol. The zero-order chi connectivity index (χ0) is 12.9. The molecule has 1 amide bonds. The lowest BCUT2D eigenvalue weighted by Gasteiger charge is -2.23. The summed E-state index contributed by atoms with van der Waals surface area (Å²) in [5, 5.41) is 11.6. The van der Waals surface area contributed by atoms with Crippen LogP contribution in [0.1, 0.15) is 47.5 Å². The quantitative estimate of drug-likeness (QED) is 0.758. The summed E-state index contributed by atoms with van der Waals surface area (Å²) in [4.78, 5) is 22.6. The number of carbonyl (C=O) groups excluding carboxylic acids is 1. The summed E-state index contributed by atoms with van der Waals surface area (Å²) < 4.78 is 0.